The molecule has 1 N–H and O–H groups in total. The van der Waals surface area contributed by atoms with Gasteiger partial charge in [-0.05, 0) is 48.9 Å². The van der Waals surface area contributed by atoms with E-state index in [9.17, 15) is 23.5 Å². The normalized spacial score (nSPS) is 15.7. The molecule has 9 heteroatoms. The van der Waals surface area contributed by atoms with Gasteiger partial charge >= 0.3 is 6.61 Å². The van der Waals surface area contributed by atoms with Crippen molar-refractivity contribution in [2.24, 2.45) is 0 Å². The summed E-state index contributed by atoms with van der Waals surface area (Å²) in [4.78, 5) is 30.2. The minimum atomic E-state index is -3.10. The quantitative estimate of drug-likeness (QED) is 0.734. The topological polar surface area (TPSA) is 94.6 Å². The summed E-state index contributed by atoms with van der Waals surface area (Å²) < 4.78 is 30.3. The fourth-order valence-corrected chi connectivity index (χ4v) is 4.17. The van der Waals surface area contributed by atoms with Gasteiger partial charge in [-0.1, -0.05) is 38.1 Å². The third kappa shape index (κ3) is 4.81. The van der Waals surface area contributed by atoms with Crippen molar-refractivity contribution in [1.29, 1.82) is 0 Å². The fraction of sp³-hybridized carbons (Fsp3) is 0.435. The number of carbonyl (C=O) groups is 2. The molecule has 0 saturated carbocycles. The molecule has 0 unspecified atom stereocenters. The molecule has 0 spiro atoms. The van der Waals surface area contributed by atoms with E-state index in [0.29, 0.717) is 5.69 Å². The van der Waals surface area contributed by atoms with Gasteiger partial charge in [-0.25, -0.2) is 4.98 Å². The van der Waals surface area contributed by atoms with E-state index < -0.39 is 24.0 Å². The van der Waals surface area contributed by atoms with E-state index >= 15 is 0 Å². The smallest absolute Gasteiger partial charge is 0.388 e. The number of piperidine rings is 1. The molecule has 2 heterocycles. The van der Waals surface area contributed by atoms with Crippen LogP contribution in [0.25, 0.3) is 0 Å². The Bertz CT molecular complexity index is 989. The van der Waals surface area contributed by atoms with Crippen LogP contribution in [0.15, 0.2) is 36.4 Å². The Morgan fingerprint density at radius 3 is 2.41 bits per heavy atom. The molecule has 0 radical (unpaired) electrons. The zero-order chi connectivity index (χ0) is 23.5. The molecule has 0 aliphatic carbocycles. The second-order valence-corrected chi connectivity index (χ2v) is 8.21. The summed E-state index contributed by atoms with van der Waals surface area (Å²) in [6.07, 6.45) is -0.839. The summed E-state index contributed by atoms with van der Waals surface area (Å²) in [7, 11) is 0. The first kappa shape index (κ1) is 23.4. The number of ether oxygens (including phenoxy) is 1. The Morgan fingerprint density at radius 2 is 1.81 bits per heavy atom. The van der Waals surface area contributed by atoms with Crippen LogP contribution in [0.2, 0.25) is 0 Å². The molecule has 1 saturated heterocycles. The second kappa shape index (κ2) is 9.50. The molecule has 0 bridgehead atoms. The largest absolute Gasteiger partial charge is 0.530 e. The molecule has 7 nitrogen and oxygen atoms in total. The highest BCUT2D eigenvalue weighted by molar-refractivity contribution is 6.00. The van der Waals surface area contributed by atoms with E-state index in [2.05, 4.69) is 15.0 Å². The standard InChI is InChI=1S/C23H27F2N3O4/c1-14(2)16-6-4-5-7-17(16)23(10-12-28(13-11-23)22(30)31)20(29)27-18-9-8-15(3)26-19(18)32-21(24)25/h4-9,14,21H,10-13H2,1-3H3,(H,27,29)(H,30,31)/p-1. The first-order valence-electron chi connectivity index (χ1n) is 10.4. The van der Waals surface area contributed by atoms with Crippen molar-refractivity contribution < 1.29 is 28.2 Å². The number of amides is 2. The highest BCUT2D eigenvalue weighted by Crippen LogP contribution is 2.41. The molecule has 32 heavy (non-hydrogen) atoms. The Morgan fingerprint density at radius 1 is 1.16 bits per heavy atom. The van der Waals surface area contributed by atoms with Crippen LogP contribution in [0.4, 0.5) is 19.3 Å². The maximum Gasteiger partial charge on any atom is 0.388 e. The second-order valence-electron chi connectivity index (χ2n) is 8.21. The van der Waals surface area contributed by atoms with Crippen LogP contribution >= 0.6 is 0 Å². The Kier molecular flexibility index (Phi) is 6.96. The highest BCUT2D eigenvalue weighted by atomic mass is 19.3. The molecule has 1 fully saturated rings. The minimum Gasteiger partial charge on any atom is -0.530 e. The number of carbonyl (C=O) groups excluding carboxylic acids is 2. The molecular formula is C23H26F2N3O4-. The lowest BCUT2D eigenvalue weighted by molar-refractivity contribution is -0.266. The third-order valence-electron chi connectivity index (χ3n) is 5.86. The van der Waals surface area contributed by atoms with Crippen LogP contribution < -0.4 is 15.2 Å². The van der Waals surface area contributed by atoms with Crippen molar-refractivity contribution in [3.8, 4) is 5.88 Å². The molecule has 0 atom stereocenters. The number of nitrogens with one attached hydrogen (secondary N) is 1. The van der Waals surface area contributed by atoms with Crippen molar-refractivity contribution in [2.45, 2.75) is 51.6 Å². The number of aromatic nitrogens is 1. The molecule has 2 aromatic rings. The summed E-state index contributed by atoms with van der Waals surface area (Å²) in [5, 5.41) is 14.1. The Hall–Kier alpha value is -3.23. The summed E-state index contributed by atoms with van der Waals surface area (Å²) in [5.41, 5.74) is 1.20. The van der Waals surface area contributed by atoms with Crippen LogP contribution in [0.5, 0.6) is 5.88 Å². The molecule has 1 aliphatic heterocycles. The first-order chi connectivity index (χ1) is 15.1. The lowest BCUT2D eigenvalue weighted by Crippen LogP contribution is -2.53. The Balaban J connectivity index is 2.02. The van der Waals surface area contributed by atoms with Gasteiger partial charge in [0.05, 0.1) is 5.41 Å². The van der Waals surface area contributed by atoms with E-state index in [0.717, 1.165) is 11.1 Å². The number of halogens is 2. The monoisotopic (exact) mass is 446 g/mol. The average molecular weight is 446 g/mol. The number of rotatable bonds is 6. The zero-order valence-electron chi connectivity index (χ0n) is 18.2. The van der Waals surface area contributed by atoms with Crippen LogP contribution in [-0.4, -0.2) is 41.6 Å². The summed E-state index contributed by atoms with van der Waals surface area (Å²) in [6, 6.07) is 10.6. The average Bonchev–Trinajstić information content (AvgIpc) is 2.75. The van der Waals surface area contributed by atoms with Gasteiger partial charge in [0.15, 0.2) is 0 Å². The first-order valence-corrected chi connectivity index (χ1v) is 10.4. The van der Waals surface area contributed by atoms with E-state index in [4.69, 9.17) is 0 Å². The van der Waals surface area contributed by atoms with Crippen LogP contribution in [0, 0.1) is 6.92 Å². The van der Waals surface area contributed by atoms with Crippen molar-refractivity contribution in [3.05, 3.63) is 53.2 Å². The fourth-order valence-electron chi connectivity index (χ4n) is 4.17. The summed E-state index contributed by atoms with van der Waals surface area (Å²) in [5.74, 6) is -0.671. The number of aryl methyl sites for hydroxylation is 1. The molecule has 2 amide bonds. The number of anilines is 1. The SMILES string of the molecule is Cc1ccc(NC(=O)C2(c3ccccc3C(C)C)CCN(C(=O)[O-])CC2)c(OC(F)F)n1. The van der Waals surface area contributed by atoms with Gasteiger partial charge in [0.1, 0.15) is 11.8 Å². The van der Waals surface area contributed by atoms with Gasteiger partial charge in [0, 0.05) is 18.8 Å². The van der Waals surface area contributed by atoms with E-state index in [-0.39, 0.29) is 43.4 Å². The number of pyridine rings is 1. The van der Waals surface area contributed by atoms with Gasteiger partial charge in [0.25, 0.3) is 0 Å². The van der Waals surface area contributed by atoms with Crippen molar-refractivity contribution in [3.63, 3.8) is 0 Å². The molecule has 172 valence electrons. The maximum atomic E-state index is 13.7. The number of alkyl halides is 2. The van der Waals surface area contributed by atoms with Gasteiger partial charge in [-0.2, -0.15) is 8.78 Å². The molecule has 1 aliphatic rings. The molecule has 1 aromatic carbocycles. The predicted octanol–water partition coefficient (Wildman–Crippen LogP) is 3.43. The van der Waals surface area contributed by atoms with Gasteiger partial charge in [0.2, 0.25) is 11.8 Å². The van der Waals surface area contributed by atoms with E-state index in [1.165, 1.54) is 11.0 Å². The lowest BCUT2D eigenvalue weighted by atomic mass is 9.69. The van der Waals surface area contributed by atoms with E-state index in [1.807, 2.05) is 38.1 Å². The van der Waals surface area contributed by atoms with Gasteiger partial charge in [-0.15, -0.1) is 0 Å². The van der Waals surface area contributed by atoms with Crippen LogP contribution in [0.3, 0.4) is 0 Å². The third-order valence-corrected chi connectivity index (χ3v) is 5.86. The lowest BCUT2D eigenvalue weighted by Gasteiger charge is -2.43. The molecule has 3 rings (SSSR count). The maximum absolute atomic E-state index is 13.7. The van der Waals surface area contributed by atoms with Crippen molar-refractivity contribution in [1.82, 2.24) is 9.88 Å². The minimum absolute atomic E-state index is 0.0321. The van der Waals surface area contributed by atoms with Crippen molar-refractivity contribution >= 4 is 17.7 Å². The zero-order valence-corrected chi connectivity index (χ0v) is 18.2. The number of nitrogens with zero attached hydrogens (tertiary/aromatic N) is 2. The number of carboxylic acid groups (broad SMARTS) is 1. The molecular weight excluding hydrogens is 420 g/mol. The van der Waals surface area contributed by atoms with E-state index in [1.54, 1.807) is 13.0 Å². The summed E-state index contributed by atoms with van der Waals surface area (Å²) in [6.45, 7) is 2.80. The number of hydrogen-bond acceptors (Lipinski definition) is 5. The molecule has 1 aromatic heterocycles. The summed E-state index contributed by atoms with van der Waals surface area (Å²) >= 11 is 0. The van der Waals surface area contributed by atoms with Crippen LogP contribution in [0.1, 0.15) is 49.4 Å². The predicted molar refractivity (Wildman–Crippen MR) is 113 cm³/mol. The highest BCUT2D eigenvalue weighted by Gasteiger charge is 2.44. The number of hydrogen-bond donors (Lipinski definition) is 1. The number of likely N-dealkylation sites (tertiary alicyclic amines) is 1. The van der Waals surface area contributed by atoms with Crippen LogP contribution in [-0.2, 0) is 10.2 Å². The van der Waals surface area contributed by atoms with Crippen molar-refractivity contribution in [2.75, 3.05) is 18.4 Å². The number of benzene rings is 1. The van der Waals surface area contributed by atoms with Gasteiger partial charge < -0.3 is 24.9 Å². The Labute approximate surface area is 185 Å². The van der Waals surface area contributed by atoms with Gasteiger partial charge in [-0.3, -0.25) is 4.79 Å².